The lowest BCUT2D eigenvalue weighted by atomic mass is 9.98. The van der Waals surface area contributed by atoms with E-state index in [-0.39, 0.29) is 25.9 Å². The maximum atomic E-state index is 13.1. The molecule has 1 saturated heterocycles. The van der Waals surface area contributed by atoms with Gasteiger partial charge in [0.05, 0.1) is 6.61 Å². The predicted molar refractivity (Wildman–Crippen MR) is 294 cm³/mol. The van der Waals surface area contributed by atoms with Crippen molar-refractivity contribution in [2.75, 3.05) is 13.2 Å². The number of esters is 3. The van der Waals surface area contributed by atoms with Crippen LogP contribution < -0.4 is 0 Å². The van der Waals surface area contributed by atoms with Gasteiger partial charge in [-0.05, 0) is 70.6 Å². The van der Waals surface area contributed by atoms with Gasteiger partial charge in [0.2, 0.25) is 0 Å². The summed E-state index contributed by atoms with van der Waals surface area (Å²) in [5, 5.41) is 31.4. The third kappa shape index (κ3) is 39.9. The van der Waals surface area contributed by atoms with Gasteiger partial charge in [-0.15, -0.1) is 0 Å². The molecule has 1 aliphatic heterocycles. The maximum Gasteiger partial charge on any atom is 0.335 e. The molecule has 1 aliphatic rings. The summed E-state index contributed by atoms with van der Waals surface area (Å²) in [6, 6.07) is 0. The Morgan fingerprint density at radius 1 is 0.452 bits per heavy atom. The number of rotatable bonds is 51. The number of hydrogen-bond donors (Lipinski definition) is 3. The Balaban J connectivity index is 2.68. The van der Waals surface area contributed by atoms with Gasteiger partial charge < -0.3 is 39.0 Å². The van der Waals surface area contributed by atoms with E-state index in [2.05, 4.69) is 57.2 Å². The van der Waals surface area contributed by atoms with E-state index in [1.54, 1.807) is 0 Å². The smallest absolute Gasteiger partial charge is 0.335 e. The summed E-state index contributed by atoms with van der Waals surface area (Å²) in [5.74, 6) is -3.12. The summed E-state index contributed by atoms with van der Waals surface area (Å²) in [6.07, 6.45) is 45.4. The van der Waals surface area contributed by atoms with Gasteiger partial charge in [-0.3, -0.25) is 14.4 Å². The highest BCUT2D eigenvalue weighted by molar-refractivity contribution is 5.74. The highest BCUT2D eigenvalue weighted by Crippen LogP contribution is 2.26. The number of aliphatic hydroxyl groups is 2. The molecule has 0 amide bonds. The van der Waals surface area contributed by atoms with Crippen LogP contribution in [0.2, 0.25) is 0 Å². The Hall–Kier alpha value is -3.06. The first-order valence-corrected chi connectivity index (χ1v) is 30.0. The molecule has 1 heterocycles. The number of aliphatic carboxylic acids is 1. The lowest BCUT2D eigenvalue weighted by Gasteiger charge is -2.40. The number of carbonyl (C=O) groups is 4. The van der Waals surface area contributed by atoms with Gasteiger partial charge in [0, 0.05) is 19.3 Å². The number of allylic oxidation sites excluding steroid dienone is 6. The minimum absolute atomic E-state index is 0.0467. The molecule has 12 nitrogen and oxygen atoms in total. The number of carboxylic acids is 1. The molecule has 0 aromatic heterocycles. The lowest BCUT2D eigenvalue weighted by Crippen LogP contribution is -2.61. The van der Waals surface area contributed by atoms with E-state index < -0.39 is 67.3 Å². The standard InChI is InChI=1S/C61H108O12/c1-4-7-10-13-16-19-22-25-26-27-28-31-32-35-38-41-44-47-53(62)69-50-52(71-54(63)48-45-42-39-36-33-29-23-20-17-14-11-8-5-2)51-70-61-59(57(66)56(65)58(73-61)60(67)68)72-55(64)49-46-43-40-37-34-30-24-21-18-15-12-9-6-3/h12,15,21,24-26,52,56-59,61,65-66H,4-11,13-14,16-20,22-23,27-51H2,1-3H3,(H,67,68)/b15-12-,24-21-,26-25-. The quantitative estimate of drug-likeness (QED) is 0.0228. The van der Waals surface area contributed by atoms with Crippen LogP contribution in [0.15, 0.2) is 36.5 Å². The summed E-state index contributed by atoms with van der Waals surface area (Å²) in [5.41, 5.74) is 0. The van der Waals surface area contributed by atoms with Crippen molar-refractivity contribution in [3.8, 4) is 0 Å². The molecule has 12 heteroatoms. The minimum atomic E-state index is -1.90. The first-order valence-electron chi connectivity index (χ1n) is 30.0. The van der Waals surface area contributed by atoms with Crippen LogP contribution in [-0.4, -0.2) is 89.2 Å². The van der Waals surface area contributed by atoms with Gasteiger partial charge in [-0.2, -0.15) is 0 Å². The monoisotopic (exact) mass is 1030 g/mol. The van der Waals surface area contributed by atoms with Crippen molar-refractivity contribution < 1.29 is 58.2 Å². The Morgan fingerprint density at radius 2 is 0.849 bits per heavy atom. The molecule has 0 aromatic rings. The second kappa shape index (κ2) is 49.8. The van der Waals surface area contributed by atoms with E-state index >= 15 is 0 Å². The number of aliphatic hydroxyl groups excluding tert-OH is 2. The Bertz CT molecular complexity index is 1410. The lowest BCUT2D eigenvalue weighted by molar-refractivity contribution is -0.301. The normalized spacial score (nSPS) is 18.5. The topological polar surface area (TPSA) is 175 Å². The highest BCUT2D eigenvalue weighted by atomic mass is 16.7. The number of hydrogen-bond acceptors (Lipinski definition) is 11. The molecule has 1 rings (SSSR count). The van der Waals surface area contributed by atoms with Crippen molar-refractivity contribution in [1.82, 2.24) is 0 Å². The van der Waals surface area contributed by atoms with E-state index in [1.165, 1.54) is 122 Å². The molecule has 6 unspecified atom stereocenters. The van der Waals surface area contributed by atoms with E-state index in [1.807, 2.05) is 0 Å². The van der Waals surface area contributed by atoms with E-state index in [0.29, 0.717) is 19.3 Å². The number of ether oxygens (including phenoxy) is 5. The van der Waals surface area contributed by atoms with E-state index in [4.69, 9.17) is 23.7 Å². The fraction of sp³-hybridized carbons (Fsp3) is 0.836. The molecule has 3 N–H and O–H groups in total. The van der Waals surface area contributed by atoms with Gasteiger partial charge in [-0.1, -0.05) is 224 Å². The van der Waals surface area contributed by atoms with Crippen molar-refractivity contribution >= 4 is 23.9 Å². The van der Waals surface area contributed by atoms with Crippen LogP contribution in [0.5, 0.6) is 0 Å². The minimum Gasteiger partial charge on any atom is -0.479 e. The van der Waals surface area contributed by atoms with Crippen LogP contribution in [0, 0.1) is 0 Å². The third-order valence-corrected chi connectivity index (χ3v) is 13.7. The van der Waals surface area contributed by atoms with Crippen LogP contribution in [0.3, 0.4) is 0 Å². The molecular formula is C61H108O12. The summed E-state index contributed by atoms with van der Waals surface area (Å²) in [4.78, 5) is 51.1. The fourth-order valence-electron chi connectivity index (χ4n) is 9.05. The Morgan fingerprint density at radius 3 is 1.30 bits per heavy atom. The molecule has 73 heavy (non-hydrogen) atoms. The molecule has 0 aromatic carbocycles. The summed E-state index contributed by atoms with van der Waals surface area (Å²) >= 11 is 0. The zero-order valence-electron chi connectivity index (χ0n) is 46.6. The SMILES string of the molecule is CCC/C=C\C/C=C\CCCCCCCC(=O)OC1C(OCC(COC(=O)CCCCCCCCC/C=C\CCCCCCCC)OC(=O)CCCCCCCCCCCCCCC)OC(C(=O)O)C(O)C1O. The molecule has 0 radical (unpaired) electrons. The number of carbonyl (C=O) groups excluding carboxylic acids is 3. The molecule has 0 saturated carbocycles. The first kappa shape index (κ1) is 68.0. The molecule has 0 bridgehead atoms. The highest BCUT2D eigenvalue weighted by Gasteiger charge is 2.50. The van der Waals surface area contributed by atoms with Crippen molar-refractivity contribution in [1.29, 1.82) is 0 Å². The Labute approximate surface area is 444 Å². The van der Waals surface area contributed by atoms with Crippen LogP contribution in [-0.2, 0) is 42.9 Å². The second-order valence-corrected chi connectivity index (χ2v) is 20.6. The van der Waals surface area contributed by atoms with Crippen molar-refractivity contribution in [2.24, 2.45) is 0 Å². The summed E-state index contributed by atoms with van der Waals surface area (Å²) in [7, 11) is 0. The first-order chi connectivity index (χ1) is 35.6. The Kier molecular flexibility index (Phi) is 46.4. The zero-order valence-corrected chi connectivity index (χ0v) is 46.6. The van der Waals surface area contributed by atoms with Gasteiger partial charge in [0.1, 0.15) is 18.8 Å². The van der Waals surface area contributed by atoms with Crippen LogP contribution in [0.25, 0.3) is 0 Å². The molecule has 424 valence electrons. The van der Waals surface area contributed by atoms with Crippen molar-refractivity contribution in [3.63, 3.8) is 0 Å². The molecule has 6 atom stereocenters. The van der Waals surface area contributed by atoms with Crippen molar-refractivity contribution in [3.05, 3.63) is 36.5 Å². The predicted octanol–water partition coefficient (Wildman–Crippen LogP) is 15.2. The van der Waals surface area contributed by atoms with Gasteiger partial charge in [0.15, 0.2) is 24.6 Å². The number of carboxylic acid groups (broad SMARTS) is 1. The zero-order chi connectivity index (χ0) is 53.3. The van der Waals surface area contributed by atoms with E-state index in [0.717, 1.165) is 96.3 Å². The fourth-order valence-corrected chi connectivity index (χ4v) is 9.05. The third-order valence-electron chi connectivity index (χ3n) is 13.7. The average molecular weight is 1030 g/mol. The number of unbranched alkanes of at least 4 members (excludes halogenated alkanes) is 31. The molecule has 0 aliphatic carbocycles. The van der Waals surface area contributed by atoms with Gasteiger partial charge in [-0.25, -0.2) is 4.79 Å². The van der Waals surface area contributed by atoms with Crippen LogP contribution in [0.1, 0.15) is 278 Å². The molecule has 0 spiro atoms. The summed E-state index contributed by atoms with van der Waals surface area (Å²) in [6.45, 7) is 5.93. The van der Waals surface area contributed by atoms with Gasteiger partial charge in [0.25, 0.3) is 0 Å². The largest absolute Gasteiger partial charge is 0.479 e. The average Bonchev–Trinajstić information content (AvgIpc) is 3.37. The van der Waals surface area contributed by atoms with Gasteiger partial charge >= 0.3 is 23.9 Å². The molecule has 1 fully saturated rings. The van der Waals surface area contributed by atoms with Crippen molar-refractivity contribution in [2.45, 2.75) is 314 Å². The van der Waals surface area contributed by atoms with E-state index in [9.17, 15) is 34.5 Å². The second-order valence-electron chi connectivity index (χ2n) is 20.6. The maximum absolute atomic E-state index is 13.1. The summed E-state index contributed by atoms with van der Waals surface area (Å²) < 4.78 is 28.4. The molecular weight excluding hydrogens is 925 g/mol. The van der Waals surface area contributed by atoms with Crippen LogP contribution >= 0.6 is 0 Å². The van der Waals surface area contributed by atoms with Crippen LogP contribution in [0.4, 0.5) is 0 Å².